The second-order valence-corrected chi connectivity index (χ2v) is 12.4. The van der Waals surface area contributed by atoms with Gasteiger partial charge in [0.2, 0.25) is 29.5 Å². The Morgan fingerprint density at radius 2 is 1.55 bits per heavy atom. The Hall–Kier alpha value is -4.87. The van der Waals surface area contributed by atoms with Gasteiger partial charge in [0.1, 0.15) is 30.2 Å². The third kappa shape index (κ3) is 10.8. The average Bonchev–Trinajstić information content (AvgIpc) is 3.77. The lowest BCUT2D eigenvalue weighted by Gasteiger charge is -2.29. The minimum atomic E-state index is -1.65. The Morgan fingerprint density at radius 1 is 0.918 bits per heavy atom. The highest BCUT2D eigenvalue weighted by Gasteiger charge is 2.39. The number of likely N-dealkylation sites (tertiary alicyclic amines) is 1. The van der Waals surface area contributed by atoms with E-state index in [2.05, 4.69) is 31.2 Å². The molecule has 3 rings (SSSR count). The van der Waals surface area contributed by atoms with E-state index in [1.165, 1.54) is 19.4 Å². The standard InChI is InChI=1S/C32H46N8O9/c1-17(2)25(38-27(43)21(33)12-19-8-5-4-6-9-19)29(45)36-22(13-20-14-34-16-35-20)28(44)39-26(18(3)42)30(46)37-23(15-41)31(47)40-11-7-10-24(40)32(48)49/h4-6,8-9,14,16-18,21-26,41-42H,7,10-13,15,33H2,1-3H3,(H,34,35)(H,36,45)(H,37,46)(H,38,43)(H,39,44)(H,48,49)/t18-,21+,22+,23+,24+,25+,26+/m1/s1. The molecule has 1 aliphatic rings. The number of nitrogens with one attached hydrogen (secondary N) is 5. The van der Waals surface area contributed by atoms with Gasteiger partial charge in [0, 0.05) is 24.9 Å². The van der Waals surface area contributed by atoms with Crippen molar-refractivity contribution in [2.75, 3.05) is 13.2 Å². The van der Waals surface area contributed by atoms with Crippen LogP contribution < -0.4 is 27.0 Å². The van der Waals surface area contributed by atoms with Gasteiger partial charge in [0.05, 0.1) is 25.1 Å². The van der Waals surface area contributed by atoms with Crippen LogP contribution in [0.1, 0.15) is 44.9 Å². The smallest absolute Gasteiger partial charge is 0.326 e. The zero-order valence-corrected chi connectivity index (χ0v) is 27.7. The Kier molecular flexibility index (Phi) is 14.2. The Morgan fingerprint density at radius 3 is 2.12 bits per heavy atom. The first-order chi connectivity index (χ1) is 23.2. The van der Waals surface area contributed by atoms with Crippen LogP contribution in [0, 0.1) is 5.92 Å². The number of carbonyl (C=O) groups excluding carboxylic acids is 5. The summed E-state index contributed by atoms with van der Waals surface area (Å²) in [6, 6.07) is 1.40. The summed E-state index contributed by atoms with van der Waals surface area (Å²) in [5.41, 5.74) is 7.40. The molecule has 1 saturated heterocycles. The lowest BCUT2D eigenvalue weighted by molar-refractivity contribution is -0.150. The lowest BCUT2D eigenvalue weighted by Crippen LogP contribution is -2.62. The van der Waals surface area contributed by atoms with Gasteiger partial charge in [-0.1, -0.05) is 44.2 Å². The third-order valence-corrected chi connectivity index (χ3v) is 8.17. The molecule has 2 heterocycles. The fourth-order valence-electron chi connectivity index (χ4n) is 5.44. The molecule has 49 heavy (non-hydrogen) atoms. The number of aliphatic hydroxyl groups is 2. The summed E-state index contributed by atoms with van der Waals surface area (Å²) in [6.07, 6.45) is 2.03. The van der Waals surface area contributed by atoms with Gasteiger partial charge in [0.25, 0.3) is 0 Å². The van der Waals surface area contributed by atoms with Gasteiger partial charge >= 0.3 is 5.97 Å². The van der Waals surface area contributed by atoms with Crippen LogP contribution in [0.5, 0.6) is 0 Å². The van der Waals surface area contributed by atoms with E-state index in [0.717, 1.165) is 10.5 Å². The first-order valence-corrected chi connectivity index (χ1v) is 16.0. The monoisotopic (exact) mass is 686 g/mol. The Balaban J connectivity index is 1.73. The minimum Gasteiger partial charge on any atom is -0.480 e. The largest absolute Gasteiger partial charge is 0.480 e. The van der Waals surface area contributed by atoms with Gasteiger partial charge in [0.15, 0.2) is 0 Å². The van der Waals surface area contributed by atoms with Crippen molar-refractivity contribution in [1.82, 2.24) is 36.1 Å². The van der Waals surface area contributed by atoms with E-state index in [4.69, 9.17) is 5.73 Å². The van der Waals surface area contributed by atoms with Gasteiger partial charge < -0.3 is 52.2 Å². The number of amides is 5. The number of carboxylic acid groups (broad SMARTS) is 1. The van der Waals surface area contributed by atoms with E-state index in [-0.39, 0.29) is 25.8 Å². The summed E-state index contributed by atoms with van der Waals surface area (Å²) >= 11 is 0. The molecule has 0 bridgehead atoms. The van der Waals surface area contributed by atoms with Crippen LogP contribution in [0.15, 0.2) is 42.9 Å². The highest BCUT2D eigenvalue weighted by atomic mass is 16.4. The number of hydrogen-bond acceptors (Lipinski definition) is 10. The van der Waals surface area contributed by atoms with Crippen LogP contribution in [0.2, 0.25) is 0 Å². The molecule has 1 aromatic carbocycles. The van der Waals surface area contributed by atoms with Crippen molar-refractivity contribution in [3.8, 4) is 0 Å². The molecule has 0 spiro atoms. The number of nitrogens with zero attached hydrogens (tertiary/aromatic N) is 2. The minimum absolute atomic E-state index is 0.116. The van der Waals surface area contributed by atoms with E-state index in [0.29, 0.717) is 12.1 Å². The number of H-pyrrole nitrogens is 1. The van der Waals surface area contributed by atoms with Gasteiger partial charge in [-0.3, -0.25) is 24.0 Å². The number of aliphatic hydroxyl groups excluding tert-OH is 2. The molecular weight excluding hydrogens is 640 g/mol. The average molecular weight is 687 g/mol. The predicted molar refractivity (Wildman–Crippen MR) is 174 cm³/mol. The van der Waals surface area contributed by atoms with E-state index >= 15 is 0 Å². The molecule has 0 unspecified atom stereocenters. The molecule has 17 nitrogen and oxygen atoms in total. The number of rotatable bonds is 17. The van der Waals surface area contributed by atoms with E-state index in [1.807, 2.05) is 30.3 Å². The zero-order chi connectivity index (χ0) is 36.2. The number of carboxylic acids is 1. The fourth-order valence-corrected chi connectivity index (χ4v) is 5.44. The fraction of sp³-hybridized carbons (Fsp3) is 0.531. The second-order valence-electron chi connectivity index (χ2n) is 12.4. The SMILES string of the molecule is CC(C)[C@H](NC(=O)[C@@H](N)Cc1ccccc1)C(=O)N[C@@H](Cc1cnc[nH]1)C(=O)N[C@H](C(=O)N[C@@H](CO)C(=O)N1CCC[C@H]1C(=O)O)[C@@H](C)O. The van der Waals surface area contributed by atoms with Gasteiger partial charge in [-0.2, -0.15) is 0 Å². The maximum atomic E-state index is 13.6. The zero-order valence-electron chi connectivity index (χ0n) is 27.7. The van der Waals surface area contributed by atoms with Crippen LogP contribution in [-0.2, 0) is 41.6 Å². The topological polar surface area (TPSA) is 269 Å². The Bertz CT molecular complexity index is 1440. The van der Waals surface area contributed by atoms with E-state index in [9.17, 15) is 44.1 Å². The number of imidazole rings is 1. The quantitative estimate of drug-likeness (QED) is 0.0844. The number of aliphatic carboxylic acids is 1. The van der Waals surface area contributed by atoms with Crippen molar-refractivity contribution in [3.63, 3.8) is 0 Å². The van der Waals surface area contributed by atoms with Gasteiger partial charge in [-0.05, 0) is 37.7 Å². The molecular formula is C32H46N8O9. The molecule has 17 heteroatoms. The molecule has 7 atom stereocenters. The van der Waals surface area contributed by atoms with Crippen molar-refractivity contribution in [1.29, 1.82) is 0 Å². The predicted octanol–water partition coefficient (Wildman–Crippen LogP) is -2.43. The van der Waals surface area contributed by atoms with Crippen LogP contribution in [-0.4, -0.2) is 121 Å². The maximum Gasteiger partial charge on any atom is 0.326 e. The van der Waals surface area contributed by atoms with Crippen LogP contribution in [0.25, 0.3) is 0 Å². The van der Waals surface area contributed by atoms with Crippen molar-refractivity contribution in [3.05, 3.63) is 54.1 Å². The highest BCUT2D eigenvalue weighted by molar-refractivity contribution is 5.96. The maximum absolute atomic E-state index is 13.6. The first kappa shape index (κ1) is 38.6. The molecule has 1 fully saturated rings. The molecule has 1 aliphatic heterocycles. The molecule has 5 amide bonds. The Labute approximate surface area is 283 Å². The molecule has 0 radical (unpaired) electrons. The number of carbonyl (C=O) groups is 6. The summed E-state index contributed by atoms with van der Waals surface area (Å²) in [7, 11) is 0. The summed E-state index contributed by atoms with van der Waals surface area (Å²) in [6.45, 7) is 3.86. The molecule has 0 saturated carbocycles. The first-order valence-electron chi connectivity index (χ1n) is 16.0. The number of aromatic amines is 1. The number of hydrogen-bond donors (Lipinski definition) is 9. The van der Waals surface area contributed by atoms with Crippen LogP contribution >= 0.6 is 0 Å². The van der Waals surface area contributed by atoms with E-state index < -0.39 is 90.4 Å². The summed E-state index contributed by atoms with van der Waals surface area (Å²) in [5, 5.41) is 39.7. The van der Waals surface area contributed by atoms with Gasteiger partial charge in [-0.25, -0.2) is 9.78 Å². The van der Waals surface area contributed by atoms with Crippen LogP contribution in [0.3, 0.4) is 0 Å². The van der Waals surface area contributed by atoms with Crippen molar-refractivity contribution >= 4 is 35.5 Å². The molecule has 2 aromatic rings. The van der Waals surface area contributed by atoms with Crippen LogP contribution in [0.4, 0.5) is 0 Å². The summed E-state index contributed by atoms with van der Waals surface area (Å²) in [4.78, 5) is 85.8. The lowest BCUT2D eigenvalue weighted by atomic mass is 10.0. The van der Waals surface area contributed by atoms with Gasteiger partial charge in [-0.15, -0.1) is 0 Å². The van der Waals surface area contributed by atoms with Crippen molar-refractivity contribution in [2.24, 2.45) is 11.7 Å². The number of aromatic nitrogens is 2. The molecule has 1 aromatic heterocycles. The summed E-state index contributed by atoms with van der Waals surface area (Å²) < 4.78 is 0. The molecule has 0 aliphatic carbocycles. The summed E-state index contributed by atoms with van der Waals surface area (Å²) in [5.74, 6) is -5.69. The second kappa shape index (κ2) is 18.0. The van der Waals surface area contributed by atoms with Crippen molar-refractivity contribution < 1.29 is 44.1 Å². The van der Waals surface area contributed by atoms with E-state index in [1.54, 1.807) is 13.8 Å². The molecule has 10 N–H and O–H groups in total. The number of nitrogens with two attached hydrogens (primary N) is 1. The third-order valence-electron chi connectivity index (χ3n) is 8.17. The number of benzene rings is 1. The van der Waals surface area contributed by atoms with Crippen molar-refractivity contribution in [2.45, 2.75) is 88.8 Å². The normalized spacial score (nSPS) is 18.0. The molecule has 268 valence electrons. The highest BCUT2D eigenvalue weighted by Crippen LogP contribution is 2.18.